The highest BCUT2D eigenvalue weighted by atomic mass is 19.1. The molecule has 0 spiro atoms. The Kier molecular flexibility index (Phi) is 2.42. The average molecular weight is 224 g/mol. The van der Waals surface area contributed by atoms with Gasteiger partial charge >= 0.3 is 5.69 Å². The molecule has 82 valence electrons. The van der Waals surface area contributed by atoms with Gasteiger partial charge in [-0.25, -0.2) is 14.2 Å². The molecule has 0 aliphatic heterocycles. The van der Waals surface area contributed by atoms with Crippen molar-refractivity contribution in [2.24, 2.45) is 0 Å². The van der Waals surface area contributed by atoms with Crippen LogP contribution in [0.3, 0.4) is 0 Å². The van der Waals surface area contributed by atoms with Crippen molar-refractivity contribution in [2.75, 3.05) is 5.32 Å². The minimum atomic E-state index is -0.854. The van der Waals surface area contributed by atoms with Gasteiger partial charge in [0.15, 0.2) is 11.6 Å². The summed E-state index contributed by atoms with van der Waals surface area (Å²) in [4.78, 5) is 30.9. The number of hydrogen-bond acceptors (Lipinski definition) is 5. The van der Waals surface area contributed by atoms with Gasteiger partial charge in [0.25, 0.3) is 5.91 Å². The first-order chi connectivity index (χ1) is 7.66. The van der Waals surface area contributed by atoms with Crippen LogP contribution in [0.1, 0.15) is 10.6 Å². The summed E-state index contributed by atoms with van der Waals surface area (Å²) in [6.07, 6.45) is 1.83. The van der Waals surface area contributed by atoms with E-state index in [1.165, 1.54) is 0 Å². The van der Waals surface area contributed by atoms with Crippen molar-refractivity contribution in [3.05, 3.63) is 34.7 Å². The van der Waals surface area contributed by atoms with Gasteiger partial charge in [-0.15, -0.1) is 0 Å². The number of rotatable bonds is 2. The van der Waals surface area contributed by atoms with Crippen molar-refractivity contribution in [3.8, 4) is 0 Å². The number of nitrogens with zero attached hydrogens (tertiary/aromatic N) is 3. The van der Waals surface area contributed by atoms with Crippen LogP contribution in [0.5, 0.6) is 0 Å². The number of carbonyl (C=O) groups excluding carboxylic acids is 1. The number of H-pyrrole nitrogens is 2. The molecule has 0 aliphatic rings. The molecule has 2 rings (SSSR count). The second-order valence-corrected chi connectivity index (χ2v) is 2.70. The number of hydrogen-bond donors (Lipinski definition) is 3. The molecule has 16 heavy (non-hydrogen) atoms. The Morgan fingerprint density at radius 3 is 2.94 bits per heavy atom. The van der Waals surface area contributed by atoms with Crippen LogP contribution in [0.4, 0.5) is 10.2 Å². The maximum atomic E-state index is 13.1. The Hall–Kier alpha value is -2.58. The summed E-state index contributed by atoms with van der Waals surface area (Å²) in [7, 11) is 0. The van der Waals surface area contributed by atoms with Gasteiger partial charge in [-0.1, -0.05) is 0 Å². The molecule has 9 heteroatoms. The standard InChI is InChI=1S/C7H5FN6O2/c8-3-1-9-7(16)13-4(3)12-6(15)5-10-2-11-14-5/h1-2H,(H,10,11,14)(H2,9,12,13,15,16). The van der Waals surface area contributed by atoms with Crippen molar-refractivity contribution < 1.29 is 9.18 Å². The molecular weight excluding hydrogens is 219 g/mol. The molecule has 0 aromatic carbocycles. The molecule has 0 atom stereocenters. The van der Waals surface area contributed by atoms with Crippen LogP contribution in [0.15, 0.2) is 17.3 Å². The van der Waals surface area contributed by atoms with Gasteiger partial charge in [0.2, 0.25) is 5.82 Å². The molecule has 2 heterocycles. The third-order valence-electron chi connectivity index (χ3n) is 1.63. The van der Waals surface area contributed by atoms with E-state index in [0.29, 0.717) is 6.20 Å². The van der Waals surface area contributed by atoms with E-state index in [4.69, 9.17) is 0 Å². The van der Waals surface area contributed by atoms with Gasteiger partial charge in [-0.2, -0.15) is 10.1 Å². The van der Waals surface area contributed by atoms with Crippen molar-refractivity contribution in [3.63, 3.8) is 0 Å². The molecule has 1 amide bonds. The first-order valence-corrected chi connectivity index (χ1v) is 4.08. The first kappa shape index (κ1) is 9.96. The third kappa shape index (κ3) is 1.92. The van der Waals surface area contributed by atoms with Crippen LogP contribution in [0.25, 0.3) is 0 Å². The lowest BCUT2D eigenvalue weighted by molar-refractivity contribution is 0.101. The summed E-state index contributed by atoms with van der Waals surface area (Å²) in [6, 6.07) is 0. The molecule has 0 radical (unpaired) electrons. The van der Waals surface area contributed by atoms with Crippen LogP contribution in [0.2, 0.25) is 0 Å². The van der Waals surface area contributed by atoms with Gasteiger partial charge in [-0.3, -0.25) is 14.9 Å². The predicted molar refractivity (Wildman–Crippen MR) is 49.2 cm³/mol. The van der Waals surface area contributed by atoms with E-state index in [9.17, 15) is 14.0 Å². The van der Waals surface area contributed by atoms with E-state index in [0.717, 1.165) is 6.33 Å². The molecule has 0 saturated carbocycles. The predicted octanol–water partition coefficient (Wildman–Crippen LogP) is -0.721. The van der Waals surface area contributed by atoms with E-state index in [-0.39, 0.29) is 11.6 Å². The highest BCUT2D eigenvalue weighted by molar-refractivity contribution is 6.00. The normalized spacial score (nSPS) is 10.1. The van der Waals surface area contributed by atoms with Crippen LogP contribution in [0, 0.1) is 5.82 Å². The van der Waals surface area contributed by atoms with Gasteiger partial charge in [0, 0.05) is 0 Å². The molecule has 8 nitrogen and oxygen atoms in total. The lowest BCUT2D eigenvalue weighted by atomic mass is 10.5. The molecule has 0 bridgehead atoms. The van der Waals surface area contributed by atoms with Gasteiger partial charge < -0.3 is 5.32 Å². The number of carbonyl (C=O) groups is 1. The molecule has 2 aromatic heterocycles. The maximum Gasteiger partial charge on any atom is 0.346 e. The quantitative estimate of drug-likeness (QED) is 0.622. The van der Waals surface area contributed by atoms with E-state index in [1.54, 1.807) is 0 Å². The Balaban J connectivity index is 2.24. The smallest absolute Gasteiger partial charge is 0.303 e. The molecule has 0 fully saturated rings. The summed E-state index contributed by atoms with van der Waals surface area (Å²) < 4.78 is 13.1. The van der Waals surface area contributed by atoms with E-state index in [2.05, 4.69) is 25.5 Å². The fraction of sp³-hybridized carbons (Fsp3) is 0. The van der Waals surface area contributed by atoms with Crippen molar-refractivity contribution in [1.82, 2.24) is 25.1 Å². The largest absolute Gasteiger partial charge is 0.346 e. The maximum absolute atomic E-state index is 13.1. The molecule has 2 aromatic rings. The summed E-state index contributed by atoms with van der Waals surface area (Å²) >= 11 is 0. The second kappa shape index (κ2) is 3.88. The minimum Gasteiger partial charge on any atom is -0.303 e. The molecule has 3 N–H and O–H groups in total. The highest BCUT2D eigenvalue weighted by Gasteiger charge is 2.12. The number of nitrogens with one attached hydrogen (secondary N) is 3. The molecular formula is C7H5FN6O2. The topological polar surface area (TPSA) is 116 Å². The Morgan fingerprint density at radius 2 is 2.25 bits per heavy atom. The van der Waals surface area contributed by atoms with E-state index >= 15 is 0 Å². The SMILES string of the molecule is O=C(Nc1[nH]c(=O)ncc1F)c1ncn[nH]1. The summed E-state index contributed by atoms with van der Waals surface area (Å²) in [6.45, 7) is 0. The number of aromatic amines is 2. The highest BCUT2D eigenvalue weighted by Crippen LogP contribution is 2.06. The van der Waals surface area contributed by atoms with Crippen molar-refractivity contribution >= 4 is 11.7 Å². The summed E-state index contributed by atoms with van der Waals surface area (Å²) in [5.74, 6) is -2.05. The number of amides is 1. The van der Waals surface area contributed by atoms with Gasteiger partial charge in [-0.05, 0) is 0 Å². The lowest BCUT2D eigenvalue weighted by Gasteiger charge is -2.02. The van der Waals surface area contributed by atoms with Crippen molar-refractivity contribution in [1.29, 1.82) is 0 Å². The average Bonchev–Trinajstić information content (AvgIpc) is 2.76. The first-order valence-electron chi connectivity index (χ1n) is 4.08. The lowest BCUT2D eigenvalue weighted by Crippen LogP contribution is -2.20. The zero-order valence-electron chi connectivity index (χ0n) is 7.69. The van der Waals surface area contributed by atoms with Gasteiger partial charge in [0.05, 0.1) is 6.20 Å². The van der Waals surface area contributed by atoms with E-state index in [1.807, 2.05) is 4.98 Å². The van der Waals surface area contributed by atoms with Crippen LogP contribution < -0.4 is 11.0 Å². The Bertz CT molecular complexity index is 563. The Morgan fingerprint density at radius 1 is 1.44 bits per heavy atom. The van der Waals surface area contributed by atoms with Crippen LogP contribution in [-0.2, 0) is 0 Å². The minimum absolute atomic E-state index is 0.0999. The third-order valence-corrected chi connectivity index (χ3v) is 1.63. The molecule has 0 saturated heterocycles. The Labute approximate surface area is 86.9 Å². The number of aromatic nitrogens is 5. The van der Waals surface area contributed by atoms with Gasteiger partial charge in [0.1, 0.15) is 6.33 Å². The van der Waals surface area contributed by atoms with E-state index < -0.39 is 17.4 Å². The van der Waals surface area contributed by atoms with Crippen molar-refractivity contribution in [2.45, 2.75) is 0 Å². The zero-order chi connectivity index (χ0) is 11.5. The fourth-order valence-corrected chi connectivity index (χ4v) is 0.957. The van der Waals surface area contributed by atoms with Crippen LogP contribution in [-0.4, -0.2) is 31.1 Å². The molecule has 0 aliphatic carbocycles. The number of halogens is 1. The molecule has 0 unspecified atom stereocenters. The monoisotopic (exact) mass is 224 g/mol. The summed E-state index contributed by atoms with van der Waals surface area (Å²) in [5.41, 5.74) is -0.769. The summed E-state index contributed by atoms with van der Waals surface area (Å²) in [5, 5.41) is 7.85. The van der Waals surface area contributed by atoms with Crippen LogP contribution >= 0.6 is 0 Å². The number of anilines is 1. The fourth-order valence-electron chi connectivity index (χ4n) is 0.957. The zero-order valence-corrected chi connectivity index (χ0v) is 7.69. The second-order valence-electron chi connectivity index (χ2n) is 2.70.